The molecule has 124 valence electrons. The molecule has 1 aromatic carbocycles. The van der Waals surface area contributed by atoms with E-state index in [1.165, 1.54) is 7.11 Å². The topological polar surface area (TPSA) is 102 Å². The van der Waals surface area contributed by atoms with Gasteiger partial charge < -0.3 is 14.6 Å². The van der Waals surface area contributed by atoms with E-state index in [1.54, 1.807) is 19.9 Å². The maximum absolute atomic E-state index is 11.8. The van der Waals surface area contributed by atoms with Crippen molar-refractivity contribution < 1.29 is 33.4 Å². The van der Waals surface area contributed by atoms with Crippen molar-refractivity contribution >= 4 is 14.2 Å². The van der Waals surface area contributed by atoms with Crippen LogP contribution in [0.15, 0.2) is 11.6 Å². The minimum absolute atomic E-state index is 0.000740. The number of ether oxygens (including phenoxy) is 2. The molecule has 23 heavy (non-hydrogen) atoms. The summed E-state index contributed by atoms with van der Waals surface area (Å²) in [4.78, 5) is 20.4. The Morgan fingerprint density at radius 3 is 2.78 bits per heavy atom. The molecule has 2 rings (SSSR count). The fourth-order valence-corrected chi connectivity index (χ4v) is 2.83. The number of cyclic esters (lactones) is 1. The summed E-state index contributed by atoms with van der Waals surface area (Å²) in [6.45, 7) is 3.66. The minimum atomic E-state index is -2.65. The number of hydrogen-bond acceptors (Lipinski definition) is 6. The van der Waals surface area contributed by atoms with Gasteiger partial charge in [-0.3, -0.25) is 0 Å². The van der Waals surface area contributed by atoms with Crippen LogP contribution in [0.25, 0.3) is 0 Å². The zero-order chi connectivity index (χ0) is 17.1. The zero-order valence-electron chi connectivity index (χ0n) is 13.1. The lowest BCUT2D eigenvalue weighted by Gasteiger charge is -2.15. The highest BCUT2D eigenvalue weighted by molar-refractivity contribution is 7.32. The van der Waals surface area contributed by atoms with E-state index in [9.17, 15) is 14.5 Å². The largest absolute Gasteiger partial charge is 0.695 e. The average Bonchev–Trinajstić information content (AvgIpc) is 2.89. The second-order valence-corrected chi connectivity index (χ2v) is 5.91. The van der Waals surface area contributed by atoms with Crippen LogP contribution in [0.4, 0.5) is 0 Å². The number of fused-ring (bicyclic) bond motifs is 1. The smallest absolute Gasteiger partial charge is 0.507 e. The third-order valence-electron chi connectivity index (χ3n) is 3.70. The van der Waals surface area contributed by atoms with E-state index in [4.69, 9.17) is 14.4 Å². The van der Waals surface area contributed by atoms with Crippen LogP contribution in [0, 0.1) is 6.92 Å². The lowest BCUT2D eigenvalue weighted by molar-refractivity contribution is 0.0533. The van der Waals surface area contributed by atoms with Gasteiger partial charge in [-0.2, -0.15) is 0 Å². The van der Waals surface area contributed by atoms with Gasteiger partial charge in [0, 0.05) is 15.7 Å². The summed E-state index contributed by atoms with van der Waals surface area (Å²) in [5.74, 6) is -0.202. The number of phenols is 1. The summed E-state index contributed by atoms with van der Waals surface area (Å²) in [5, 5.41) is 10.4. The normalized spacial score (nSPS) is 14.5. The molecule has 1 unspecified atom stereocenters. The van der Waals surface area contributed by atoms with Crippen molar-refractivity contribution in [1.29, 1.82) is 0 Å². The first-order valence-electron chi connectivity index (χ1n) is 6.89. The summed E-state index contributed by atoms with van der Waals surface area (Å²) in [7, 11) is -1.16. The Morgan fingerprint density at radius 2 is 2.17 bits per heavy atom. The second-order valence-electron chi connectivity index (χ2n) is 5.18. The molecule has 1 aliphatic rings. The molecule has 1 heterocycles. The molecular formula is C15H18O7P+. The molecule has 2 N–H and O–H groups in total. The van der Waals surface area contributed by atoms with Crippen LogP contribution in [0.1, 0.15) is 34.0 Å². The van der Waals surface area contributed by atoms with Crippen LogP contribution in [-0.2, 0) is 26.9 Å². The van der Waals surface area contributed by atoms with Gasteiger partial charge in [0.05, 0.1) is 7.11 Å². The Bertz CT molecular complexity index is 694. The molecule has 0 saturated carbocycles. The maximum Gasteiger partial charge on any atom is 0.695 e. The van der Waals surface area contributed by atoms with E-state index in [1.807, 2.05) is 0 Å². The van der Waals surface area contributed by atoms with Crippen molar-refractivity contribution in [3.8, 4) is 11.5 Å². The van der Waals surface area contributed by atoms with Gasteiger partial charge in [0.15, 0.2) is 0 Å². The van der Waals surface area contributed by atoms with Crippen molar-refractivity contribution in [3.05, 3.63) is 33.9 Å². The third kappa shape index (κ3) is 3.52. The van der Waals surface area contributed by atoms with Crippen LogP contribution >= 0.6 is 8.25 Å². The van der Waals surface area contributed by atoms with Gasteiger partial charge in [-0.05, 0) is 31.4 Å². The van der Waals surface area contributed by atoms with Crippen molar-refractivity contribution in [2.24, 2.45) is 0 Å². The van der Waals surface area contributed by atoms with Crippen molar-refractivity contribution in [1.82, 2.24) is 0 Å². The minimum Gasteiger partial charge on any atom is -0.507 e. The van der Waals surface area contributed by atoms with E-state index >= 15 is 0 Å². The first kappa shape index (κ1) is 17.4. The van der Waals surface area contributed by atoms with E-state index in [0.29, 0.717) is 22.4 Å². The number of esters is 1. The second kappa shape index (κ2) is 7.08. The molecule has 0 fully saturated rings. The molecular weight excluding hydrogens is 323 g/mol. The van der Waals surface area contributed by atoms with Crippen molar-refractivity contribution in [2.45, 2.75) is 26.9 Å². The monoisotopic (exact) mass is 341 g/mol. The molecule has 1 aromatic rings. The quantitative estimate of drug-likeness (QED) is 0.466. The van der Waals surface area contributed by atoms with Gasteiger partial charge in [-0.1, -0.05) is 6.08 Å². The molecule has 0 aliphatic carbocycles. The predicted molar refractivity (Wildman–Crippen MR) is 81.8 cm³/mol. The molecule has 0 aromatic heterocycles. The number of carbonyl (C=O) groups excluding carboxylic acids is 1. The molecule has 0 bridgehead atoms. The lowest BCUT2D eigenvalue weighted by atomic mass is 9.95. The number of hydrogen-bond donors (Lipinski definition) is 2. The molecule has 0 saturated heterocycles. The Balaban J connectivity index is 2.37. The molecule has 0 spiro atoms. The summed E-state index contributed by atoms with van der Waals surface area (Å²) in [6, 6.07) is 0. The van der Waals surface area contributed by atoms with Gasteiger partial charge in [0.25, 0.3) is 0 Å². The first-order valence-corrected chi connectivity index (χ1v) is 8.02. The lowest BCUT2D eigenvalue weighted by Crippen LogP contribution is -2.03. The van der Waals surface area contributed by atoms with Crippen molar-refractivity contribution in [3.63, 3.8) is 0 Å². The molecule has 0 amide bonds. The van der Waals surface area contributed by atoms with Crippen LogP contribution in [0.2, 0.25) is 0 Å². The highest BCUT2D eigenvalue weighted by Crippen LogP contribution is 2.41. The number of allylic oxidation sites excluding steroid dienone is 1. The average molecular weight is 341 g/mol. The highest BCUT2D eigenvalue weighted by Gasteiger charge is 2.31. The van der Waals surface area contributed by atoms with Crippen LogP contribution in [-0.4, -0.2) is 29.7 Å². The predicted octanol–water partition coefficient (Wildman–Crippen LogP) is 2.53. The molecule has 8 heteroatoms. The van der Waals surface area contributed by atoms with Gasteiger partial charge in [0.1, 0.15) is 30.3 Å². The number of phenolic OH excluding ortho intramolecular Hbond substituents is 1. The molecule has 7 nitrogen and oxygen atoms in total. The Hall–Kier alpha value is -1.95. The summed E-state index contributed by atoms with van der Waals surface area (Å²) < 4.78 is 25.5. The van der Waals surface area contributed by atoms with Gasteiger partial charge >= 0.3 is 14.2 Å². The first-order chi connectivity index (χ1) is 10.9. The Morgan fingerprint density at radius 1 is 1.48 bits per heavy atom. The van der Waals surface area contributed by atoms with E-state index < -0.39 is 14.2 Å². The molecule has 0 radical (unpaired) electrons. The number of aromatic hydroxyl groups is 1. The van der Waals surface area contributed by atoms with E-state index in [2.05, 4.69) is 4.52 Å². The SMILES string of the molecule is COc1c(C)c2c(c(O)c1C/C=C(\C)CO[P+](=O)O)C(=O)OC2. The van der Waals surface area contributed by atoms with Gasteiger partial charge in [-0.15, -0.1) is 9.42 Å². The number of rotatable bonds is 6. The molecule has 1 aliphatic heterocycles. The van der Waals surface area contributed by atoms with E-state index in [-0.39, 0.29) is 30.9 Å². The molecule has 1 atom stereocenters. The van der Waals surface area contributed by atoms with Crippen LogP contribution in [0.5, 0.6) is 11.5 Å². The standard InChI is InChI=1S/C15H17O7P/c1-8(6-22-23(18)19)4-5-10-13(16)12-11(7-21-15(12)17)9(2)14(10)20-3/h4H,5-7H2,1-3H3,(H-,16,17,18,19)/p+1/b8-4+. The van der Waals surface area contributed by atoms with E-state index in [0.717, 1.165) is 5.56 Å². The Labute approximate surface area is 134 Å². The van der Waals surface area contributed by atoms with Crippen molar-refractivity contribution in [2.75, 3.05) is 13.7 Å². The summed E-state index contributed by atoms with van der Waals surface area (Å²) in [5.41, 5.74) is 2.75. The highest BCUT2D eigenvalue weighted by atomic mass is 31.1. The Kier molecular flexibility index (Phi) is 5.36. The number of benzene rings is 1. The van der Waals surface area contributed by atoms with Crippen LogP contribution in [0.3, 0.4) is 0 Å². The number of carbonyl (C=O) groups is 1. The number of methoxy groups -OCH3 is 1. The summed E-state index contributed by atoms with van der Waals surface area (Å²) in [6.07, 6.45) is 2.02. The van der Waals surface area contributed by atoms with Gasteiger partial charge in [-0.25, -0.2) is 4.79 Å². The fourth-order valence-electron chi connectivity index (χ4n) is 2.52. The maximum atomic E-state index is 11.8. The summed E-state index contributed by atoms with van der Waals surface area (Å²) >= 11 is 0. The third-order valence-corrected chi connectivity index (χ3v) is 4.05. The van der Waals surface area contributed by atoms with Gasteiger partial charge in [0.2, 0.25) is 0 Å². The zero-order valence-corrected chi connectivity index (χ0v) is 14.0. The fraction of sp³-hybridized carbons (Fsp3) is 0.400. The van der Waals surface area contributed by atoms with Crippen LogP contribution < -0.4 is 4.74 Å².